The fraction of sp³-hybridized carbons (Fsp3) is 0.300. The minimum absolute atomic E-state index is 0.115. The molecule has 0 atom stereocenters. The first-order chi connectivity index (χ1) is 18.0. The minimum atomic E-state index is -0.322. The second kappa shape index (κ2) is 14.8. The van der Waals surface area contributed by atoms with Crippen molar-refractivity contribution in [2.24, 2.45) is 0 Å². The van der Waals surface area contributed by atoms with Crippen LogP contribution in [0.2, 0.25) is 0 Å². The highest BCUT2D eigenvalue weighted by atomic mass is 32.1. The third kappa shape index (κ3) is 8.72. The molecule has 0 heterocycles. The van der Waals surface area contributed by atoms with Crippen molar-refractivity contribution in [2.45, 2.75) is 46.0 Å². The summed E-state index contributed by atoms with van der Waals surface area (Å²) in [6, 6.07) is 23.6. The number of ether oxygens (including phenoxy) is 1. The van der Waals surface area contributed by atoms with Crippen molar-refractivity contribution >= 4 is 40.5 Å². The van der Waals surface area contributed by atoms with Gasteiger partial charge in [0.25, 0.3) is 11.8 Å². The Kier molecular flexibility index (Phi) is 11.1. The van der Waals surface area contributed by atoms with E-state index in [2.05, 4.69) is 17.6 Å². The minimum Gasteiger partial charge on any atom is -0.494 e. The molecule has 3 rings (SSSR count). The Morgan fingerprint density at radius 3 is 2.27 bits per heavy atom. The molecule has 0 aromatic heterocycles. The van der Waals surface area contributed by atoms with Crippen LogP contribution >= 0.6 is 12.2 Å². The zero-order chi connectivity index (χ0) is 26.5. The number of hydrogen-bond donors (Lipinski definition) is 2. The van der Waals surface area contributed by atoms with Crippen molar-refractivity contribution in [1.82, 2.24) is 5.32 Å². The maximum atomic E-state index is 13.1. The van der Waals surface area contributed by atoms with Gasteiger partial charge in [0.15, 0.2) is 5.11 Å². The van der Waals surface area contributed by atoms with Gasteiger partial charge in [-0.2, -0.15) is 0 Å². The average molecular weight is 518 g/mol. The lowest BCUT2D eigenvalue weighted by Gasteiger charge is -2.21. The molecule has 6 nitrogen and oxygen atoms in total. The van der Waals surface area contributed by atoms with Crippen LogP contribution in [0.4, 0.5) is 11.4 Å². The van der Waals surface area contributed by atoms with Gasteiger partial charge in [0, 0.05) is 29.0 Å². The summed E-state index contributed by atoms with van der Waals surface area (Å²) in [6.45, 7) is 5.35. The third-order valence-electron chi connectivity index (χ3n) is 5.86. The van der Waals surface area contributed by atoms with Gasteiger partial charge >= 0.3 is 0 Å². The van der Waals surface area contributed by atoms with Gasteiger partial charge in [-0.25, -0.2) is 0 Å². The Hall–Kier alpha value is -3.71. The normalized spacial score (nSPS) is 10.4. The molecule has 0 bridgehead atoms. The van der Waals surface area contributed by atoms with Crippen molar-refractivity contribution < 1.29 is 14.3 Å². The van der Waals surface area contributed by atoms with E-state index in [0.29, 0.717) is 30.0 Å². The average Bonchev–Trinajstić information content (AvgIpc) is 2.92. The Labute approximate surface area is 225 Å². The Morgan fingerprint density at radius 1 is 0.838 bits per heavy atom. The summed E-state index contributed by atoms with van der Waals surface area (Å²) >= 11 is 5.34. The summed E-state index contributed by atoms with van der Waals surface area (Å²) in [5.41, 5.74) is 2.44. The summed E-state index contributed by atoms with van der Waals surface area (Å²) in [7, 11) is 0. The smallest absolute Gasteiger partial charge is 0.258 e. The molecule has 2 amide bonds. The Bertz CT molecular complexity index is 1170. The van der Waals surface area contributed by atoms with Crippen molar-refractivity contribution in [2.75, 3.05) is 23.4 Å². The van der Waals surface area contributed by atoms with Crippen molar-refractivity contribution in [3.8, 4) is 5.75 Å². The van der Waals surface area contributed by atoms with E-state index in [9.17, 15) is 9.59 Å². The van der Waals surface area contributed by atoms with Crippen LogP contribution in [-0.4, -0.2) is 30.1 Å². The molecule has 0 aliphatic carbocycles. The molecule has 3 aromatic rings. The quantitative estimate of drug-likeness (QED) is 0.204. The number of benzene rings is 3. The summed E-state index contributed by atoms with van der Waals surface area (Å²) in [6.07, 6.45) is 5.91. The van der Waals surface area contributed by atoms with Crippen LogP contribution in [-0.2, 0) is 0 Å². The molecule has 7 heteroatoms. The van der Waals surface area contributed by atoms with Gasteiger partial charge in [-0.1, -0.05) is 56.9 Å². The summed E-state index contributed by atoms with van der Waals surface area (Å²) in [4.78, 5) is 27.5. The highest BCUT2D eigenvalue weighted by molar-refractivity contribution is 7.80. The van der Waals surface area contributed by atoms with Crippen LogP contribution < -0.4 is 20.3 Å². The van der Waals surface area contributed by atoms with E-state index in [1.54, 1.807) is 53.4 Å². The molecule has 0 spiro atoms. The molecule has 194 valence electrons. The van der Waals surface area contributed by atoms with E-state index in [1.807, 2.05) is 37.3 Å². The predicted octanol–water partition coefficient (Wildman–Crippen LogP) is 6.83. The maximum absolute atomic E-state index is 13.1. The van der Waals surface area contributed by atoms with Gasteiger partial charge in [0.05, 0.1) is 6.61 Å². The highest BCUT2D eigenvalue weighted by Gasteiger charge is 2.16. The van der Waals surface area contributed by atoms with Crippen molar-refractivity contribution in [1.29, 1.82) is 0 Å². The Morgan fingerprint density at radius 2 is 1.57 bits per heavy atom. The van der Waals surface area contributed by atoms with Crippen molar-refractivity contribution in [3.05, 3.63) is 90.0 Å². The number of amides is 2. The van der Waals surface area contributed by atoms with E-state index in [1.165, 1.54) is 25.7 Å². The van der Waals surface area contributed by atoms with E-state index in [4.69, 9.17) is 17.0 Å². The monoisotopic (exact) mass is 517 g/mol. The van der Waals surface area contributed by atoms with E-state index >= 15 is 0 Å². The first kappa shape index (κ1) is 27.9. The molecule has 3 aromatic carbocycles. The topological polar surface area (TPSA) is 70.7 Å². The van der Waals surface area contributed by atoms with Crippen LogP contribution in [0.3, 0.4) is 0 Å². The first-order valence-electron chi connectivity index (χ1n) is 12.8. The molecule has 0 aliphatic rings. The lowest BCUT2D eigenvalue weighted by atomic mass is 10.1. The van der Waals surface area contributed by atoms with E-state index < -0.39 is 0 Å². The molecule has 0 saturated carbocycles. The molecular weight excluding hydrogens is 482 g/mol. The Balaban J connectivity index is 1.52. The highest BCUT2D eigenvalue weighted by Crippen LogP contribution is 2.19. The van der Waals surface area contributed by atoms with Crippen LogP contribution in [0.1, 0.15) is 66.7 Å². The van der Waals surface area contributed by atoms with Crippen LogP contribution in [0, 0.1) is 0 Å². The maximum Gasteiger partial charge on any atom is 0.258 e. The van der Waals surface area contributed by atoms with Gasteiger partial charge in [0.1, 0.15) is 5.75 Å². The van der Waals surface area contributed by atoms with Crippen molar-refractivity contribution in [3.63, 3.8) is 0 Å². The molecule has 37 heavy (non-hydrogen) atoms. The number of nitrogens with one attached hydrogen (secondary N) is 2. The second-order valence-electron chi connectivity index (χ2n) is 8.66. The van der Waals surface area contributed by atoms with E-state index in [-0.39, 0.29) is 16.9 Å². The number of thiocarbonyl (C=S) groups is 1. The largest absolute Gasteiger partial charge is 0.494 e. The van der Waals surface area contributed by atoms with Gasteiger partial charge in [-0.15, -0.1) is 0 Å². The number of carbonyl (C=O) groups excluding carboxylic acids is 2. The van der Waals surface area contributed by atoms with Gasteiger partial charge < -0.3 is 15.0 Å². The summed E-state index contributed by atoms with van der Waals surface area (Å²) < 4.78 is 5.76. The molecule has 0 unspecified atom stereocenters. The first-order valence-corrected chi connectivity index (χ1v) is 13.2. The molecular formula is C30H35N3O3S. The zero-order valence-electron chi connectivity index (χ0n) is 21.5. The predicted molar refractivity (Wildman–Crippen MR) is 155 cm³/mol. The number of anilines is 2. The number of rotatable bonds is 12. The zero-order valence-corrected chi connectivity index (χ0v) is 22.4. The fourth-order valence-corrected chi connectivity index (χ4v) is 4.08. The molecule has 0 saturated heterocycles. The second-order valence-corrected chi connectivity index (χ2v) is 9.07. The van der Waals surface area contributed by atoms with Gasteiger partial charge in [-0.05, 0) is 80.2 Å². The third-order valence-corrected chi connectivity index (χ3v) is 6.06. The molecule has 0 radical (unpaired) electrons. The number of carbonyl (C=O) groups is 2. The van der Waals surface area contributed by atoms with E-state index in [0.717, 1.165) is 17.9 Å². The van der Waals surface area contributed by atoms with Gasteiger partial charge in [-0.3, -0.25) is 14.9 Å². The lowest BCUT2D eigenvalue weighted by molar-refractivity contribution is 0.0973. The number of unbranched alkanes of at least 4 members (excludes halogenated alkanes) is 4. The number of hydrogen-bond acceptors (Lipinski definition) is 4. The number of nitrogens with zero attached hydrogens (tertiary/aromatic N) is 1. The van der Waals surface area contributed by atoms with Crippen LogP contribution in [0.25, 0.3) is 0 Å². The standard InChI is InChI=1S/C30H35N3O3S/c1-3-5-6-7-11-21-36-27-19-17-23(18-20-27)28(34)32-30(37)31-25-14-12-13-24(22-25)29(35)33(4-2)26-15-9-8-10-16-26/h8-10,12-20,22H,3-7,11,21H2,1-2H3,(H2,31,32,34,37). The molecule has 0 aliphatic heterocycles. The molecule has 2 N–H and O–H groups in total. The summed E-state index contributed by atoms with van der Waals surface area (Å²) in [5, 5.41) is 5.84. The fourth-order valence-electron chi connectivity index (χ4n) is 3.87. The number of para-hydroxylation sites is 1. The molecule has 0 fully saturated rings. The lowest BCUT2D eigenvalue weighted by Crippen LogP contribution is -2.34. The summed E-state index contributed by atoms with van der Waals surface area (Å²) in [5.74, 6) is 0.304. The van der Waals surface area contributed by atoms with Gasteiger partial charge in [0.2, 0.25) is 0 Å². The van der Waals surface area contributed by atoms with Crippen LogP contribution in [0.5, 0.6) is 5.75 Å². The SMILES string of the molecule is CCCCCCCOc1ccc(C(=O)NC(=S)Nc2cccc(C(=O)N(CC)c3ccccc3)c2)cc1. The van der Waals surface area contributed by atoms with Crippen LogP contribution in [0.15, 0.2) is 78.9 Å².